The van der Waals surface area contributed by atoms with E-state index < -0.39 is 5.97 Å². The predicted octanol–water partition coefficient (Wildman–Crippen LogP) is 3.43. The Morgan fingerprint density at radius 3 is 2.39 bits per heavy atom. The second kappa shape index (κ2) is 5.14. The van der Waals surface area contributed by atoms with Crippen molar-refractivity contribution in [2.75, 3.05) is 5.73 Å². The van der Waals surface area contributed by atoms with Crippen LogP contribution < -0.4 is 5.73 Å². The second-order valence-electron chi connectivity index (χ2n) is 3.96. The lowest BCUT2D eigenvalue weighted by Gasteiger charge is -2.06. The Balaban J connectivity index is 2.24. The SMILES string of the molecule is Cc1cc(C(=O)O)ccc1Sc1ccc(N)cc1. The molecule has 0 saturated carbocycles. The molecule has 2 rings (SSSR count). The lowest BCUT2D eigenvalue weighted by molar-refractivity contribution is 0.0696. The Hall–Kier alpha value is -1.94. The number of nitrogens with two attached hydrogens (primary N) is 1. The van der Waals surface area contributed by atoms with Crippen molar-refractivity contribution in [1.82, 2.24) is 0 Å². The van der Waals surface area contributed by atoms with Crippen LogP contribution in [0.15, 0.2) is 52.3 Å². The molecule has 0 aliphatic rings. The lowest BCUT2D eigenvalue weighted by atomic mass is 10.1. The molecule has 0 amide bonds. The minimum absolute atomic E-state index is 0.314. The van der Waals surface area contributed by atoms with E-state index in [9.17, 15) is 4.79 Å². The molecule has 2 aromatic rings. The van der Waals surface area contributed by atoms with Gasteiger partial charge in [-0.15, -0.1) is 0 Å². The maximum Gasteiger partial charge on any atom is 0.335 e. The molecule has 3 nitrogen and oxygen atoms in total. The molecule has 0 radical (unpaired) electrons. The molecular formula is C14H13NO2S. The number of carboxylic acid groups (broad SMARTS) is 1. The fourth-order valence-electron chi connectivity index (χ4n) is 1.56. The Bertz CT molecular complexity index is 579. The van der Waals surface area contributed by atoms with Crippen molar-refractivity contribution < 1.29 is 9.90 Å². The van der Waals surface area contributed by atoms with Crippen molar-refractivity contribution in [3.8, 4) is 0 Å². The molecule has 0 saturated heterocycles. The van der Waals surface area contributed by atoms with Crippen LogP contribution in [0.2, 0.25) is 0 Å². The summed E-state index contributed by atoms with van der Waals surface area (Å²) in [5.41, 5.74) is 7.63. The van der Waals surface area contributed by atoms with Crippen LogP contribution in [-0.2, 0) is 0 Å². The Morgan fingerprint density at radius 1 is 1.17 bits per heavy atom. The summed E-state index contributed by atoms with van der Waals surface area (Å²) in [4.78, 5) is 13.0. The van der Waals surface area contributed by atoms with Crippen LogP contribution in [-0.4, -0.2) is 11.1 Å². The Morgan fingerprint density at radius 2 is 1.83 bits per heavy atom. The predicted molar refractivity (Wildman–Crippen MR) is 73.1 cm³/mol. The topological polar surface area (TPSA) is 63.3 Å². The van der Waals surface area contributed by atoms with Gasteiger partial charge >= 0.3 is 5.97 Å². The lowest BCUT2D eigenvalue weighted by Crippen LogP contribution is -1.96. The van der Waals surface area contributed by atoms with E-state index in [0.29, 0.717) is 5.56 Å². The van der Waals surface area contributed by atoms with Gasteiger partial charge in [-0.25, -0.2) is 4.79 Å². The smallest absolute Gasteiger partial charge is 0.335 e. The summed E-state index contributed by atoms with van der Waals surface area (Å²) in [6.07, 6.45) is 0. The minimum Gasteiger partial charge on any atom is -0.478 e. The molecule has 92 valence electrons. The molecule has 0 aliphatic carbocycles. The van der Waals surface area contributed by atoms with Crippen LogP contribution in [0.3, 0.4) is 0 Å². The summed E-state index contributed by atoms with van der Waals surface area (Å²) in [6.45, 7) is 1.91. The third kappa shape index (κ3) is 2.84. The first kappa shape index (κ1) is 12.5. The van der Waals surface area contributed by atoms with E-state index in [-0.39, 0.29) is 0 Å². The highest BCUT2D eigenvalue weighted by molar-refractivity contribution is 7.99. The zero-order valence-electron chi connectivity index (χ0n) is 9.88. The summed E-state index contributed by atoms with van der Waals surface area (Å²) in [5.74, 6) is -0.901. The van der Waals surface area contributed by atoms with Crippen molar-refractivity contribution in [3.63, 3.8) is 0 Å². The number of hydrogen-bond donors (Lipinski definition) is 2. The van der Waals surface area contributed by atoms with Crippen molar-refractivity contribution in [2.45, 2.75) is 16.7 Å². The molecular weight excluding hydrogens is 246 g/mol. The minimum atomic E-state index is -0.901. The van der Waals surface area contributed by atoms with E-state index >= 15 is 0 Å². The Kier molecular flexibility index (Phi) is 3.58. The van der Waals surface area contributed by atoms with Gasteiger partial charge in [-0.1, -0.05) is 11.8 Å². The van der Waals surface area contributed by atoms with Crippen molar-refractivity contribution in [2.24, 2.45) is 0 Å². The van der Waals surface area contributed by atoms with E-state index in [1.54, 1.807) is 23.9 Å². The van der Waals surface area contributed by atoms with Gasteiger partial charge in [0, 0.05) is 15.5 Å². The maximum absolute atomic E-state index is 10.8. The van der Waals surface area contributed by atoms with Crippen molar-refractivity contribution >= 4 is 23.4 Å². The molecule has 18 heavy (non-hydrogen) atoms. The first-order valence-corrected chi connectivity index (χ1v) is 6.25. The number of carboxylic acids is 1. The Labute approximate surface area is 110 Å². The number of aryl methyl sites for hydroxylation is 1. The number of rotatable bonds is 3. The van der Waals surface area contributed by atoms with E-state index in [1.807, 2.05) is 37.3 Å². The first-order chi connectivity index (χ1) is 8.56. The zero-order chi connectivity index (χ0) is 13.1. The highest BCUT2D eigenvalue weighted by atomic mass is 32.2. The second-order valence-corrected chi connectivity index (χ2v) is 5.07. The first-order valence-electron chi connectivity index (χ1n) is 5.43. The average molecular weight is 259 g/mol. The quantitative estimate of drug-likeness (QED) is 0.829. The summed E-state index contributed by atoms with van der Waals surface area (Å²) >= 11 is 1.59. The van der Waals surface area contributed by atoms with Gasteiger partial charge in [-0.2, -0.15) is 0 Å². The van der Waals surface area contributed by atoms with Crippen LogP contribution >= 0.6 is 11.8 Å². The number of benzene rings is 2. The molecule has 3 N–H and O–H groups in total. The number of anilines is 1. The monoisotopic (exact) mass is 259 g/mol. The van der Waals surface area contributed by atoms with Gasteiger partial charge in [0.1, 0.15) is 0 Å². The van der Waals surface area contributed by atoms with Gasteiger partial charge in [-0.05, 0) is 55.0 Å². The molecule has 0 atom stereocenters. The largest absolute Gasteiger partial charge is 0.478 e. The van der Waals surface area contributed by atoms with Crippen LogP contribution in [0, 0.1) is 6.92 Å². The van der Waals surface area contributed by atoms with Gasteiger partial charge in [0.05, 0.1) is 5.56 Å². The summed E-state index contributed by atoms with van der Waals surface area (Å²) in [7, 11) is 0. The molecule has 0 spiro atoms. The maximum atomic E-state index is 10.8. The van der Waals surface area contributed by atoms with E-state index in [4.69, 9.17) is 10.8 Å². The standard InChI is InChI=1S/C14H13NO2S/c1-9-8-10(14(16)17)2-7-13(9)18-12-5-3-11(15)4-6-12/h2-8H,15H2,1H3,(H,16,17). The third-order valence-corrected chi connectivity index (χ3v) is 3.72. The van der Waals surface area contributed by atoms with Crippen LogP contribution in [0.1, 0.15) is 15.9 Å². The fourth-order valence-corrected chi connectivity index (χ4v) is 2.44. The van der Waals surface area contributed by atoms with Crippen LogP contribution in [0.5, 0.6) is 0 Å². The number of nitrogen functional groups attached to an aromatic ring is 1. The van der Waals surface area contributed by atoms with E-state index in [0.717, 1.165) is 21.0 Å². The van der Waals surface area contributed by atoms with Crippen LogP contribution in [0.25, 0.3) is 0 Å². The molecule has 0 aromatic heterocycles. The normalized spacial score (nSPS) is 10.3. The molecule has 4 heteroatoms. The van der Waals surface area contributed by atoms with Gasteiger partial charge in [0.2, 0.25) is 0 Å². The molecule has 0 heterocycles. The molecule has 0 unspecified atom stereocenters. The highest BCUT2D eigenvalue weighted by Gasteiger charge is 2.06. The van der Waals surface area contributed by atoms with E-state index in [2.05, 4.69) is 0 Å². The highest BCUT2D eigenvalue weighted by Crippen LogP contribution is 2.31. The number of aromatic carboxylic acids is 1. The molecule has 0 fully saturated rings. The fraction of sp³-hybridized carbons (Fsp3) is 0.0714. The van der Waals surface area contributed by atoms with Crippen molar-refractivity contribution in [3.05, 3.63) is 53.6 Å². The van der Waals surface area contributed by atoms with Crippen molar-refractivity contribution in [1.29, 1.82) is 0 Å². The summed E-state index contributed by atoms with van der Waals surface area (Å²) in [6, 6.07) is 12.7. The van der Waals surface area contributed by atoms with E-state index in [1.165, 1.54) is 0 Å². The number of carbonyl (C=O) groups is 1. The summed E-state index contributed by atoms with van der Waals surface area (Å²) in [5, 5.41) is 8.90. The summed E-state index contributed by atoms with van der Waals surface area (Å²) < 4.78 is 0. The molecule has 0 aliphatic heterocycles. The van der Waals surface area contributed by atoms with Gasteiger partial charge < -0.3 is 10.8 Å². The number of hydrogen-bond acceptors (Lipinski definition) is 3. The third-order valence-electron chi connectivity index (χ3n) is 2.53. The van der Waals surface area contributed by atoms with Gasteiger partial charge in [0.15, 0.2) is 0 Å². The molecule has 2 aromatic carbocycles. The van der Waals surface area contributed by atoms with Gasteiger partial charge in [0.25, 0.3) is 0 Å². The molecule has 0 bridgehead atoms. The zero-order valence-corrected chi connectivity index (χ0v) is 10.7. The van der Waals surface area contributed by atoms with Gasteiger partial charge in [-0.3, -0.25) is 0 Å². The average Bonchev–Trinajstić information content (AvgIpc) is 2.34. The van der Waals surface area contributed by atoms with Crippen LogP contribution in [0.4, 0.5) is 5.69 Å².